The van der Waals surface area contributed by atoms with Crippen LogP contribution in [0.15, 0.2) is 48.8 Å². The maximum atomic E-state index is 12.9. The summed E-state index contributed by atoms with van der Waals surface area (Å²) in [6, 6.07) is 11.9. The van der Waals surface area contributed by atoms with Crippen LogP contribution in [0, 0.1) is 4.77 Å². The highest BCUT2D eigenvalue weighted by molar-refractivity contribution is 7.71. The van der Waals surface area contributed by atoms with Gasteiger partial charge in [-0.1, -0.05) is 26.0 Å². The zero-order valence-corrected chi connectivity index (χ0v) is 19.8. The van der Waals surface area contributed by atoms with Crippen LogP contribution in [-0.2, 0) is 13.2 Å². The van der Waals surface area contributed by atoms with Crippen LogP contribution in [0.1, 0.15) is 42.6 Å². The number of benzene rings is 1. The van der Waals surface area contributed by atoms with E-state index < -0.39 is 0 Å². The number of carbonyl (C=O) groups excluding carboxylic acids is 1. The van der Waals surface area contributed by atoms with E-state index in [9.17, 15) is 4.79 Å². The molecule has 0 N–H and O–H groups in total. The molecule has 1 aliphatic heterocycles. The average molecular weight is 451 g/mol. The highest BCUT2D eigenvalue weighted by Crippen LogP contribution is 2.19. The standard InChI is InChI=1S/C24H30N6OS/c1-4-29-22(20-9-11-25-12-10-20)26-30(24(29)32)17-27-13-15-28(16-14-27)23(31)21-7-5-19(6-8-21)18(2)3/h5-12,18H,4,13-17H2,1-3H3. The fraction of sp³-hybridized carbons (Fsp3) is 0.417. The van der Waals surface area contributed by atoms with E-state index in [-0.39, 0.29) is 5.91 Å². The minimum absolute atomic E-state index is 0.104. The predicted octanol–water partition coefficient (Wildman–Crippen LogP) is 4.03. The minimum atomic E-state index is 0.104. The summed E-state index contributed by atoms with van der Waals surface area (Å²) in [4.78, 5) is 21.2. The molecule has 0 bridgehead atoms. The van der Waals surface area contributed by atoms with Crippen molar-refractivity contribution in [1.82, 2.24) is 29.1 Å². The number of carbonyl (C=O) groups is 1. The van der Waals surface area contributed by atoms with Crippen molar-refractivity contribution in [2.75, 3.05) is 26.2 Å². The topological polar surface area (TPSA) is 59.2 Å². The van der Waals surface area contributed by atoms with Crippen LogP contribution in [0.2, 0.25) is 0 Å². The van der Waals surface area contributed by atoms with Crippen LogP contribution in [0.3, 0.4) is 0 Å². The van der Waals surface area contributed by atoms with Gasteiger partial charge < -0.3 is 9.47 Å². The molecule has 0 aliphatic carbocycles. The summed E-state index contributed by atoms with van der Waals surface area (Å²) in [5, 5.41) is 4.79. The van der Waals surface area contributed by atoms with Crippen molar-refractivity contribution in [2.24, 2.45) is 0 Å². The largest absolute Gasteiger partial charge is 0.336 e. The molecular formula is C24H30N6OS. The van der Waals surface area contributed by atoms with E-state index in [4.69, 9.17) is 17.3 Å². The summed E-state index contributed by atoms with van der Waals surface area (Å²) in [5.41, 5.74) is 3.01. The van der Waals surface area contributed by atoms with Crippen LogP contribution in [0.5, 0.6) is 0 Å². The van der Waals surface area contributed by atoms with Gasteiger partial charge in [-0.15, -0.1) is 0 Å². The molecule has 0 radical (unpaired) electrons. The Balaban J connectivity index is 1.40. The third-order valence-corrected chi connectivity index (χ3v) is 6.43. The van der Waals surface area contributed by atoms with Crippen molar-refractivity contribution in [3.63, 3.8) is 0 Å². The lowest BCUT2D eigenvalue weighted by Gasteiger charge is -2.34. The molecule has 1 fully saturated rings. The Morgan fingerprint density at radius 3 is 2.28 bits per heavy atom. The van der Waals surface area contributed by atoms with Gasteiger partial charge >= 0.3 is 0 Å². The van der Waals surface area contributed by atoms with Crippen LogP contribution in [-0.4, -0.2) is 61.2 Å². The number of rotatable bonds is 6. The lowest BCUT2D eigenvalue weighted by atomic mass is 10.0. The van der Waals surface area contributed by atoms with Crippen LogP contribution in [0.4, 0.5) is 0 Å². The minimum Gasteiger partial charge on any atom is -0.336 e. The number of hydrogen-bond donors (Lipinski definition) is 0. The molecule has 0 spiro atoms. The van der Waals surface area contributed by atoms with E-state index in [1.54, 1.807) is 12.4 Å². The van der Waals surface area contributed by atoms with Gasteiger partial charge in [-0.3, -0.25) is 14.7 Å². The summed E-state index contributed by atoms with van der Waals surface area (Å²) >= 11 is 5.69. The van der Waals surface area contributed by atoms with Gasteiger partial charge in [0.25, 0.3) is 5.91 Å². The monoisotopic (exact) mass is 450 g/mol. The Morgan fingerprint density at radius 1 is 1.03 bits per heavy atom. The molecular weight excluding hydrogens is 420 g/mol. The van der Waals surface area contributed by atoms with Crippen molar-refractivity contribution < 1.29 is 4.79 Å². The molecule has 0 unspecified atom stereocenters. The molecule has 1 saturated heterocycles. The zero-order chi connectivity index (χ0) is 22.7. The van der Waals surface area contributed by atoms with Crippen molar-refractivity contribution in [2.45, 2.75) is 39.9 Å². The molecule has 4 rings (SSSR count). The second-order valence-electron chi connectivity index (χ2n) is 8.41. The lowest BCUT2D eigenvalue weighted by molar-refractivity contribution is 0.0585. The van der Waals surface area contributed by atoms with Gasteiger partial charge in [0.05, 0.1) is 6.67 Å². The quantitative estimate of drug-likeness (QED) is 0.531. The molecule has 0 saturated carbocycles. The zero-order valence-electron chi connectivity index (χ0n) is 18.9. The van der Waals surface area contributed by atoms with E-state index in [0.29, 0.717) is 30.4 Å². The third kappa shape index (κ3) is 4.66. The van der Waals surface area contributed by atoms with Gasteiger partial charge in [0.2, 0.25) is 0 Å². The molecule has 168 valence electrons. The Morgan fingerprint density at radius 2 is 1.69 bits per heavy atom. The number of aromatic nitrogens is 4. The summed E-state index contributed by atoms with van der Waals surface area (Å²) in [7, 11) is 0. The van der Waals surface area contributed by atoms with Crippen molar-refractivity contribution >= 4 is 18.1 Å². The molecule has 32 heavy (non-hydrogen) atoms. The third-order valence-electron chi connectivity index (χ3n) is 6.00. The summed E-state index contributed by atoms with van der Waals surface area (Å²) in [6.45, 7) is 10.8. The van der Waals surface area contributed by atoms with E-state index in [2.05, 4.69) is 42.8 Å². The van der Waals surface area contributed by atoms with E-state index in [1.165, 1.54) is 5.56 Å². The molecule has 1 amide bonds. The molecule has 1 aromatic carbocycles. The molecule has 0 atom stereocenters. The maximum absolute atomic E-state index is 12.9. The molecule has 1 aliphatic rings. The number of piperazine rings is 1. The number of nitrogens with zero attached hydrogens (tertiary/aromatic N) is 6. The Kier molecular flexibility index (Phi) is 6.81. The van der Waals surface area contributed by atoms with Gasteiger partial charge in [-0.05, 0) is 54.9 Å². The Hall–Kier alpha value is -2.84. The highest BCUT2D eigenvalue weighted by atomic mass is 32.1. The lowest BCUT2D eigenvalue weighted by Crippen LogP contribution is -2.49. The van der Waals surface area contributed by atoms with Crippen molar-refractivity contribution in [3.8, 4) is 11.4 Å². The SMILES string of the molecule is CCn1c(-c2ccncc2)nn(CN2CCN(C(=O)c3ccc(C(C)C)cc3)CC2)c1=S. The van der Waals surface area contributed by atoms with Gasteiger partial charge in [0.1, 0.15) is 0 Å². The second kappa shape index (κ2) is 9.75. The van der Waals surface area contributed by atoms with Gasteiger partial charge in [-0.25, -0.2) is 4.68 Å². The van der Waals surface area contributed by atoms with Crippen molar-refractivity contribution in [3.05, 3.63) is 64.7 Å². The molecule has 8 heteroatoms. The molecule has 7 nitrogen and oxygen atoms in total. The van der Waals surface area contributed by atoms with Crippen LogP contribution < -0.4 is 0 Å². The first-order valence-electron chi connectivity index (χ1n) is 11.2. The average Bonchev–Trinajstić information content (AvgIpc) is 3.14. The van der Waals surface area contributed by atoms with Gasteiger partial charge in [0, 0.05) is 56.2 Å². The molecule has 2 aromatic heterocycles. The number of hydrogen-bond acceptors (Lipinski definition) is 5. The molecule has 3 heterocycles. The Bertz CT molecular complexity index is 1110. The smallest absolute Gasteiger partial charge is 0.253 e. The fourth-order valence-electron chi connectivity index (χ4n) is 4.01. The summed E-state index contributed by atoms with van der Waals surface area (Å²) in [5.74, 6) is 1.43. The predicted molar refractivity (Wildman–Crippen MR) is 128 cm³/mol. The number of pyridine rings is 1. The first-order valence-corrected chi connectivity index (χ1v) is 11.6. The van der Waals surface area contributed by atoms with E-state index in [0.717, 1.165) is 36.6 Å². The van der Waals surface area contributed by atoms with Gasteiger partial charge in [0.15, 0.2) is 10.6 Å². The first-order chi connectivity index (χ1) is 15.5. The van der Waals surface area contributed by atoms with Crippen molar-refractivity contribution in [1.29, 1.82) is 0 Å². The second-order valence-corrected chi connectivity index (χ2v) is 8.78. The maximum Gasteiger partial charge on any atom is 0.253 e. The summed E-state index contributed by atoms with van der Waals surface area (Å²) < 4.78 is 4.64. The number of amides is 1. The molecule has 3 aromatic rings. The normalized spacial score (nSPS) is 14.8. The first kappa shape index (κ1) is 22.4. The van der Waals surface area contributed by atoms with E-state index in [1.807, 2.05) is 38.4 Å². The van der Waals surface area contributed by atoms with E-state index >= 15 is 0 Å². The fourth-order valence-corrected chi connectivity index (χ4v) is 4.32. The van der Waals surface area contributed by atoms with Crippen LogP contribution >= 0.6 is 12.2 Å². The highest BCUT2D eigenvalue weighted by Gasteiger charge is 2.23. The Labute approximate surface area is 194 Å². The summed E-state index contributed by atoms with van der Waals surface area (Å²) in [6.07, 6.45) is 3.54. The van der Waals surface area contributed by atoms with Gasteiger partial charge in [-0.2, -0.15) is 5.10 Å². The van der Waals surface area contributed by atoms with Crippen LogP contribution in [0.25, 0.3) is 11.4 Å².